The summed E-state index contributed by atoms with van der Waals surface area (Å²) < 4.78 is 52.0. The van der Waals surface area contributed by atoms with Gasteiger partial charge in [-0.15, -0.1) is 0 Å². The van der Waals surface area contributed by atoms with Crippen LogP contribution in [0.3, 0.4) is 0 Å². The molecule has 34 heavy (non-hydrogen) atoms. The molecule has 2 unspecified atom stereocenters. The molecule has 0 aliphatic carbocycles. The average molecular weight is 549 g/mol. The van der Waals surface area contributed by atoms with E-state index in [1.807, 2.05) is 0 Å². The number of anilines is 2. The van der Waals surface area contributed by atoms with Crippen molar-refractivity contribution >= 4 is 46.1 Å². The summed E-state index contributed by atoms with van der Waals surface area (Å²) in [6, 6.07) is 0. The number of phosphoric acid groups is 3. The highest BCUT2D eigenvalue weighted by atomic mass is 31.3. The number of nitrogens with zero attached hydrogens (tertiary/aromatic N) is 4. The van der Waals surface area contributed by atoms with Crippen LogP contribution in [0.1, 0.15) is 6.23 Å². The lowest BCUT2D eigenvalue weighted by Gasteiger charge is -2.19. The summed E-state index contributed by atoms with van der Waals surface area (Å²) in [7, 11) is -16.8. The van der Waals surface area contributed by atoms with Crippen LogP contribution < -0.4 is 17.1 Å². The number of hydrogen-bond donors (Lipinski definition) is 9. The maximum absolute atomic E-state index is 11.9. The van der Waals surface area contributed by atoms with Crippen LogP contribution in [0.2, 0.25) is 0 Å². The third-order valence-corrected chi connectivity index (χ3v) is 7.96. The summed E-state index contributed by atoms with van der Waals surface area (Å²) in [5.74, 6) is -0.496. The number of nitrogens with one attached hydrogen (secondary N) is 1. The molecule has 0 amide bonds. The number of rotatable bonds is 8. The van der Waals surface area contributed by atoms with E-state index < -0.39 is 60.2 Å². The van der Waals surface area contributed by atoms with Gasteiger partial charge in [-0.1, -0.05) is 0 Å². The van der Waals surface area contributed by atoms with Gasteiger partial charge in [0.25, 0.3) is 0 Å². The Kier molecular flexibility index (Phi) is 7.30. The number of imidazole rings is 1. The van der Waals surface area contributed by atoms with Crippen LogP contribution in [0.25, 0.3) is 11.0 Å². The Balaban J connectivity index is 1.79. The third kappa shape index (κ3) is 6.02. The Morgan fingerprint density at radius 2 is 1.65 bits per heavy atom. The molecule has 11 N–H and O–H groups in total. The van der Waals surface area contributed by atoms with Gasteiger partial charge in [-0.3, -0.25) is 14.5 Å². The van der Waals surface area contributed by atoms with E-state index in [1.54, 1.807) is 0 Å². The van der Waals surface area contributed by atoms with E-state index in [-0.39, 0.29) is 22.7 Å². The largest absolute Gasteiger partial charge is 0.490 e. The zero-order valence-electron chi connectivity index (χ0n) is 16.4. The number of nitrogen functional groups attached to an aromatic ring is 2. The van der Waals surface area contributed by atoms with Gasteiger partial charge in [0.05, 0.1) is 12.9 Å². The number of aliphatic hydroxyl groups excluding tert-OH is 2. The first-order chi connectivity index (χ1) is 15.5. The standard InChI is InChI=1S/C11H18N7O13P3/c12-8-4-5(9(13)17-11(14)16-8)18(2-15-4)10-7(20)6(19)3(29-10)1-28-33(24,25)31-34(26,27)30-32(21,22)23/h2-3,6-7,10,19-20H,1H2,(H,24,25)(H,26,27)(H2,21,22,23)(H5,12,13,14,16,17)/t3-,6+,7+,10-/m1/s1. The second-order valence-electron chi connectivity index (χ2n) is 6.60. The zero-order valence-corrected chi connectivity index (χ0v) is 19.1. The molecule has 2 aromatic rings. The minimum atomic E-state index is -5.74. The Hall–Kier alpha value is -1.89. The Morgan fingerprint density at radius 3 is 2.26 bits per heavy atom. The number of fused-ring (bicyclic) bond motifs is 1. The first-order valence-corrected chi connectivity index (χ1v) is 13.2. The van der Waals surface area contributed by atoms with Gasteiger partial charge >= 0.3 is 23.5 Å². The van der Waals surface area contributed by atoms with Crippen LogP contribution >= 0.6 is 23.5 Å². The third-order valence-electron chi connectivity index (χ3n) is 4.16. The molecule has 0 radical (unpaired) electrons. The van der Waals surface area contributed by atoms with Crippen molar-refractivity contribution in [1.29, 1.82) is 5.41 Å². The predicted molar refractivity (Wildman–Crippen MR) is 106 cm³/mol. The van der Waals surface area contributed by atoms with Gasteiger partial charge in [-0.05, 0) is 0 Å². The van der Waals surface area contributed by atoms with E-state index in [0.29, 0.717) is 0 Å². The van der Waals surface area contributed by atoms with Gasteiger partial charge in [-0.2, -0.15) is 18.6 Å². The summed E-state index contributed by atoms with van der Waals surface area (Å²) in [6.45, 7) is -1.02. The summed E-state index contributed by atoms with van der Waals surface area (Å²) in [6.07, 6.45) is -5.34. The topological polar surface area (TPSA) is 329 Å². The normalized spacial score (nSPS) is 26.9. The van der Waals surface area contributed by atoms with Gasteiger partial charge < -0.3 is 46.0 Å². The van der Waals surface area contributed by atoms with Gasteiger partial charge in [0.2, 0.25) is 5.62 Å². The van der Waals surface area contributed by atoms with Gasteiger partial charge in [0.15, 0.2) is 17.9 Å². The molecule has 3 heterocycles. The Bertz CT molecular complexity index is 1300. The van der Waals surface area contributed by atoms with Crippen LogP contribution in [0, 0.1) is 5.41 Å². The van der Waals surface area contributed by atoms with Crippen LogP contribution in [0.5, 0.6) is 0 Å². The Morgan fingerprint density at radius 1 is 1.03 bits per heavy atom. The Labute approximate surface area is 187 Å². The second-order valence-corrected chi connectivity index (χ2v) is 11.0. The van der Waals surface area contributed by atoms with Gasteiger partial charge in [0.1, 0.15) is 29.3 Å². The van der Waals surface area contributed by atoms with Crippen LogP contribution in [-0.2, 0) is 31.6 Å². The summed E-state index contributed by atoms with van der Waals surface area (Å²) in [5.41, 5.74) is 11.0. The number of hydrogen-bond acceptors (Lipinski definition) is 15. The highest BCUT2D eigenvalue weighted by molar-refractivity contribution is 7.66. The summed E-state index contributed by atoms with van der Waals surface area (Å²) in [5, 5.41) is 28.2. The minimum absolute atomic E-state index is 0.00879. The maximum atomic E-state index is 11.9. The number of nitrogens with two attached hydrogens (primary N) is 2. The monoisotopic (exact) mass is 549 g/mol. The van der Waals surface area contributed by atoms with Crippen molar-refractivity contribution in [2.45, 2.75) is 24.5 Å². The lowest BCUT2D eigenvalue weighted by atomic mass is 10.1. The molecule has 0 bridgehead atoms. The SMILES string of the molecule is N=c1nc(N)c2ncn([C@@H]3O[C@H](COP(=O)(O)OP(=O)(O)OP(=O)(O)O)[C@H](O)[C@@H]3O)c2c(N)n1. The minimum Gasteiger partial charge on any atom is -0.387 e. The fraction of sp³-hybridized carbons (Fsp3) is 0.455. The number of ether oxygens (including phenoxy) is 1. The van der Waals surface area contributed by atoms with Crippen molar-refractivity contribution in [2.24, 2.45) is 0 Å². The van der Waals surface area contributed by atoms with E-state index in [0.717, 1.165) is 10.9 Å². The van der Waals surface area contributed by atoms with Crippen LogP contribution in [0.15, 0.2) is 6.33 Å². The molecule has 1 saturated heterocycles. The average Bonchev–Trinajstić information content (AvgIpc) is 3.16. The lowest BCUT2D eigenvalue weighted by molar-refractivity contribution is -0.0500. The van der Waals surface area contributed by atoms with Crippen LogP contribution in [0.4, 0.5) is 11.6 Å². The molecule has 6 atom stereocenters. The molecule has 0 aromatic carbocycles. The highest BCUT2D eigenvalue weighted by Crippen LogP contribution is 2.66. The maximum Gasteiger partial charge on any atom is 0.490 e. The molecule has 1 fully saturated rings. The number of aromatic nitrogens is 4. The van der Waals surface area contributed by atoms with E-state index in [1.165, 1.54) is 0 Å². The smallest absolute Gasteiger partial charge is 0.387 e. The fourth-order valence-electron chi connectivity index (χ4n) is 2.92. The van der Waals surface area contributed by atoms with Crippen molar-refractivity contribution in [3.8, 4) is 0 Å². The first-order valence-electron chi connectivity index (χ1n) is 8.64. The van der Waals surface area contributed by atoms with E-state index in [9.17, 15) is 28.8 Å². The van der Waals surface area contributed by atoms with Crippen molar-refractivity contribution in [1.82, 2.24) is 19.5 Å². The molecule has 3 rings (SSSR count). The molecule has 20 nitrogen and oxygen atoms in total. The molecule has 1 aliphatic heterocycles. The molecule has 0 spiro atoms. The fourth-order valence-corrected chi connectivity index (χ4v) is 5.95. The first kappa shape index (κ1) is 26.7. The molecule has 1 aliphatic rings. The summed E-state index contributed by atoms with van der Waals surface area (Å²) >= 11 is 0. The van der Waals surface area contributed by atoms with Crippen molar-refractivity contribution in [3.05, 3.63) is 11.9 Å². The number of aliphatic hydroxyl groups is 2. The molecular weight excluding hydrogens is 531 g/mol. The predicted octanol–water partition coefficient (Wildman–Crippen LogP) is -2.57. The highest BCUT2D eigenvalue weighted by Gasteiger charge is 2.47. The van der Waals surface area contributed by atoms with E-state index >= 15 is 0 Å². The lowest BCUT2D eigenvalue weighted by Crippen LogP contribution is -2.33. The van der Waals surface area contributed by atoms with Gasteiger partial charge in [0, 0.05) is 0 Å². The molecule has 23 heteroatoms. The van der Waals surface area contributed by atoms with Crippen molar-refractivity contribution in [3.63, 3.8) is 0 Å². The van der Waals surface area contributed by atoms with Crippen molar-refractivity contribution < 1.29 is 61.4 Å². The molecule has 190 valence electrons. The molecule has 2 aromatic heterocycles. The summed E-state index contributed by atoms with van der Waals surface area (Å²) in [4.78, 5) is 47.0. The van der Waals surface area contributed by atoms with E-state index in [2.05, 4.69) is 28.1 Å². The zero-order chi connectivity index (χ0) is 25.6. The molecule has 0 saturated carbocycles. The van der Waals surface area contributed by atoms with Gasteiger partial charge in [-0.25, -0.2) is 18.7 Å². The second kappa shape index (κ2) is 9.29. The number of phosphoric ester groups is 1. The van der Waals surface area contributed by atoms with Crippen molar-refractivity contribution in [2.75, 3.05) is 18.1 Å². The van der Waals surface area contributed by atoms with E-state index in [4.69, 9.17) is 36.3 Å². The quantitative estimate of drug-likeness (QED) is 0.153. The van der Waals surface area contributed by atoms with Crippen LogP contribution in [-0.4, -0.2) is 74.2 Å². The molecular formula is C11H18N7O13P3.